The third kappa shape index (κ3) is 4.92. The third-order valence-electron chi connectivity index (χ3n) is 4.13. The fraction of sp³-hybridized carbons (Fsp3) is 0.588. The van der Waals surface area contributed by atoms with E-state index >= 15 is 0 Å². The second-order valence-corrected chi connectivity index (χ2v) is 6.97. The van der Waals surface area contributed by atoms with Crippen molar-refractivity contribution in [3.8, 4) is 5.75 Å². The lowest BCUT2D eigenvalue weighted by Gasteiger charge is -2.28. The number of carbonyl (C=O) groups excluding carboxylic acids is 1. The number of likely N-dealkylation sites (tertiary alicyclic amines) is 1. The molecule has 0 saturated carbocycles. The van der Waals surface area contributed by atoms with Crippen molar-refractivity contribution in [1.29, 1.82) is 0 Å². The minimum Gasteiger partial charge on any atom is -0.497 e. The van der Waals surface area contributed by atoms with E-state index in [2.05, 4.69) is 19.0 Å². The van der Waals surface area contributed by atoms with Crippen molar-refractivity contribution in [2.75, 3.05) is 40.0 Å². The zero-order valence-electron chi connectivity index (χ0n) is 13.7. The molecule has 0 aliphatic carbocycles. The summed E-state index contributed by atoms with van der Waals surface area (Å²) in [6.45, 7) is 1.74. The van der Waals surface area contributed by atoms with Crippen molar-refractivity contribution in [2.45, 2.75) is 30.2 Å². The van der Waals surface area contributed by atoms with Gasteiger partial charge in [0.1, 0.15) is 5.75 Å². The number of amides is 1. The Labute approximate surface area is 137 Å². The van der Waals surface area contributed by atoms with Crippen LogP contribution in [0.25, 0.3) is 0 Å². The molecule has 5 heteroatoms. The van der Waals surface area contributed by atoms with Crippen LogP contribution in [0.5, 0.6) is 5.75 Å². The number of rotatable bonds is 5. The summed E-state index contributed by atoms with van der Waals surface area (Å²) in [5.74, 6) is 1.56. The van der Waals surface area contributed by atoms with Crippen LogP contribution in [-0.4, -0.2) is 61.8 Å². The first-order chi connectivity index (χ1) is 10.6. The van der Waals surface area contributed by atoms with Gasteiger partial charge in [-0.2, -0.15) is 0 Å². The first kappa shape index (κ1) is 17.2. The van der Waals surface area contributed by atoms with E-state index in [0.717, 1.165) is 30.2 Å². The highest BCUT2D eigenvalue weighted by atomic mass is 32.2. The molecule has 0 aromatic heterocycles. The van der Waals surface area contributed by atoms with Gasteiger partial charge in [0.05, 0.1) is 12.9 Å². The fourth-order valence-electron chi connectivity index (χ4n) is 2.69. The summed E-state index contributed by atoms with van der Waals surface area (Å²) in [7, 11) is 5.86. The Bertz CT molecular complexity index is 493. The van der Waals surface area contributed by atoms with E-state index in [-0.39, 0.29) is 5.91 Å². The third-order valence-corrected chi connectivity index (χ3v) is 5.11. The maximum absolute atomic E-state index is 12.5. The van der Waals surface area contributed by atoms with Crippen LogP contribution >= 0.6 is 11.8 Å². The molecule has 1 aromatic carbocycles. The number of likely N-dealkylation sites (N-methyl/N-ethyl adjacent to an activating group) is 1. The largest absolute Gasteiger partial charge is 0.497 e. The summed E-state index contributed by atoms with van der Waals surface area (Å²) < 4.78 is 5.22. The smallest absolute Gasteiger partial charge is 0.232 e. The predicted octanol–water partition coefficient (Wildman–Crippen LogP) is 2.73. The number of benzene rings is 1. The standard InChI is InChI=1S/C17H26N2O2S/c1-18(2)14-7-4-5-10-19(12-14)17(20)13-22-16-9-6-8-15(11-16)21-3/h6,8-9,11,14H,4-5,7,10,12-13H2,1-3H3/t14-/m0/s1. The lowest BCUT2D eigenvalue weighted by Crippen LogP contribution is -2.42. The predicted molar refractivity (Wildman–Crippen MR) is 91.6 cm³/mol. The monoisotopic (exact) mass is 322 g/mol. The zero-order chi connectivity index (χ0) is 15.9. The van der Waals surface area contributed by atoms with Crippen LogP contribution in [0, 0.1) is 0 Å². The van der Waals surface area contributed by atoms with Gasteiger partial charge in [-0.1, -0.05) is 12.5 Å². The highest BCUT2D eigenvalue weighted by molar-refractivity contribution is 8.00. The highest BCUT2D eigenvalue weighted by Gasteiger charge is 2.23. The summed E-state index contributed by atoms with van der Waals surface area (Å²) >= 11 is 1.58. The molecule has 1 aliphatic rings. The van der Waals surface area contributed by atoms with Crippen LogP contribution < -0.4 is 4.74 Å². The first-order valence-electron chi connectivity index (χ1n) is 7.81. The number of thioether (sulfide) groups is 1. The number of nitrogens with zero attached hydrogens (tertiary/aromatic N) is 2. The summed E-state index contributed by atoms with van der Waals surface area (Å²) in [4.78, 5) is 17.8. The van der Waals surface area contributed by atoms with Crippen LogP contribution in [0.4, 0.5) is 0 Å². The van der Waals surface area contributed by atoms with Crippen molar-refractivity contribution < 1.29 is 9.53 Å². The average Bonchev–Trinajstić information content (AvgIpc) is 2.79. The molecule has 1 amide bonds. The van der Waals surface area contributed by atoms with E-state index < -0.39 is 0 Å². The highest BCUT2D eigenvalue weighted by Crippen LogP contribution is 2.23. The number of methoxy groups -OCH3 is 1. The van der Waals surface area contributed by atoms with Gasteiger partial charge in [0.15, 0.2) is 0 Å². The zero-order valence-corrected chi connectivity index (χ0v) is 14.6. The van der Waals surface area contributed by atoms with Gasteiger partial charge in [-0.3, -0.25) is 4.79 Å². The van der Waals surface area contributed by atoms with Gasteiger partial charge >= 0.3 is 0 Å². The Hall–Kier alpha value is -1.20. The average molecular weight is 322 g/mol. The second-order valence-electron chi connectivity index (χ2n) is 5.92. The Kier molecular flexibility index (Phi) is 6.58. The Balaban J connectivity index is 1.90. The van der Waals surface area contributed by atoms with Gasteiger partial charge in [-0.25, -0.2) is 0 Å². The second kappa shape index (κ2) is 8.44. The van der Waals surface area contributed by atoms with E-state index in [4.69, 9.17) is 4.74 Å². The molecule has 1 atom stereocenters. The van der Waals surface area contributed by atoms with Gasteiger partial charge in [0, 0.05) is 24.0 Å². The van der Waals surface area contributed by atoms with Crippen molar-refractivity contribution in [3.05, 3.63) is 24.3 Å². The molecular formula is C17H26N2O2S. The van der Waals surface area contributed by atoms with Crippen molar-refractivity contribution in [1.82, 2.24) is 9.80 Å². The van der Waals surface area contributed by atoms with Crippen molar-refractivity contribution >= 4 is 17.7 Å². The van der Waals surface area contributed by atoms with Crippen LogP contribution in [0.3, 0.4) is 0 Å². The molecule has 0 N–H and O–H groups in total. The molecule has 0 radical (unpaired) electrons. The summed E-state index contributed by atoms with van der Waals surface area (Å²) in [6, 6.07) is 8.35. The molecule has 0 spiro atoms. The van der Waals surface area contributed by atoms with E-state index in [9.17, 15) is 4.79 Å². The van der Waals surface area contributed by atoms with Gasteiger partial charge in [-0.15, -0.1) is 11.8 Å². The SMILES string of the molecule is COc1cccc(SCC(=O)N2CCCC[C@H](N(C)C)C2)c1. The Morgan fingerprint density at radius 3 is 2.95 bits per heavy atom. The number of carbonyl (C=O) groups is 1. The Morgan fingerprint density at radius 1 is 1.41 bits per heavy atom. The van der Waals surface area contributed by atoms with Gasteiger partial charge in [0.25, 0.3) is 0 Å². The van der Waals surface area contributed by atoms with Crippen LogP contribution in [-0.2, 0) is 4.79 Å². The van der Waals surface area contributed by atoms with E-state index in [1.807, 2.05) is 29.2 Å². The first-order valence-corrected chi connectivity index (χ1v) is 8.80. The van der Waals surface area contributed by atoms with Crippen molar-refractivity contribution in [2.24, 2.45) is 0 Å². The molecule has 1 fully saturated rings. The quantitative estimate of drug-likeness (QED) is 0.781. The molecule has 1 heterocycles. The summed E-state index contributed by atoms with van der Waals surface area (Å²) in [6.07, 6.45) is 3.50. The molecule has 2 rings (SSSR count). The van der Waals surface area contributed by atoms with Crippen LogP contribution in [0.1, 0.15) is 19.3 Å². The molecular weight excluding hydrogens is 296 g/mol. The van der Waals surface area contributed by atoms with E-state index in [1.54, 1.807) is 18.9 Å². The molecule has 1 aliphatic heterocycles. The van der Waals surface area contributed by atoms with Gasteiger partial charge < -0.3 is 14.5 Å². The molecule has 122 valence electrons. The van der Waals surface area contributed by atoms with E-state index in [1.165, 1.54) is 12.8 Å². The lowest BCUT2D eigenvalue weighted by molar-refractivity contribution is -0.128. The maximum Gasteiger partial charge on any atom is 0.232 e. The molecule has 1 aromatic rings. The number of ether oxygens (including phenoxy) is 1. The molecule has 22 heavy (non-hydrogen) atoms. The fourth-order valence-corrected chi connectivity index (χ4v) is 3.54. The molecule has 1 saturated heterocycles. The molecule has 4 nitrogen and oxygen atoms in total. The van der Waals surface area contributed by atoms with Crippen LogP contribution in [0.15, 0.2) is 29.2 Å². The summed E-state index contributed by atoms with van der Waals surface area (Å²) in [5, 5.41) is 0. The molecule has 0 bridgehead atoms. The maximum atomic E-state index is 12.5. The summed E-state index contributed by atoms with van der Waals surface area (Å²) in [5.41, 5.74) is 0. The molecule has 0 unspecified atom stereocenters. The van der Waals surface area contributed by atoms with Crippen LogP contribution in [0.2, 0.25) is 0 Å². The normalized spacial score (nSPS) is 19.1. The minimum absolute atomic E-state index is 0.238. The Morgan fingerprint density at radius 2 is 2.23 bits per heavy atom. The van der Waals surface area contributed by atoms with Gasteiger partial charge in [0.2, 0.25) is 5.91 Å². The number of hydrogen-bond acceptors (Lipinski definition) is 4. The minimum atomic E-state index is 0.238. The van der Waals surface area contributed by atoms with E-state index in [0.29, 0.717) is 11.8 Å². The topological polar surface area (TPSA) is 32.8 Å². The van der Waals surface area contributed by atoms with Crippen molar-refractivity contribution in [3.63, 3.8) is 0 Å². The van der Waals surface area contributed by atoms with Gasteiger partial charge in [-0.05, 0) is 45.1 Å². The lowest BCUT2D eigenvalue weighted by atomic mass is 10.1. The number of hydrogen-bond donors (Lipinski definition) is 0.